The highest BCUT2D eigenvalue weighted by molar-refractivity contribution is 4.93. The third-order valence-electron chi connectivity index (χ3n) is 4.59. The van der Waals surface area contributed by atoms with E-state index in [0.717, 1.165) is 0 Å². The molecule has 2 saturated carbocycles. The minimum Gasteiger partial charge on any atom is -0.380 e. The molecule has 0 aromatic carbocycles. The lowest BCUT2D eigenvalue weighted by Crippen LogP contribution is -2.69. The molecule has 0 unspecified atom stereocenters. The van der Waals surface area contributed by atoms with Gasteiger partial charge in [0.2, 0.25) is 0 Å². The van der Waals surface area contributed by atoms with Gasteiger partial charge in [0.05, 0.1) is 0 Å². The van der Waals surface area contributed by atoms with Crippen LogP contribution >= 0.6 is 0 Å². The van der Waals surface area contributed by atoms with Crippen LogP contribution in [0.25, 0.3) is 0 Å². The lowest BCUT2D eigenvalue weighted by molar-refractivity contribution is -0.771. The fraction of sp³-hybridized carbons (Fsp3) is 0.857. The Bertz CT molecular complexity index is 422. The summed E-state index contributed by atoms with van der Waals surface area (Å²) in [6.07, 6.45) is 14.7. The van der Waals surface area contributed by atoms with Gasteiger partial charge in [-0.15, -0.1) is 0 Å². The summed E-state index contributed by atoms with van der Waals surface area (Å²) in [7, 11) is 0. The molecule has 19 heavy (non-hydrogen) atoms. The maximum Gasteiger partial charge on any atom is 0.286 e. The second-order valence-corrected chi connectivity index (χ2v) is 5.95. The van der Waals surface area contributed by atoms with E-state index in [9.17, 15) is 0 Å². The zero-order valence-electron chi connectivity index (χ0n) is 11.6. The summed E-state index contributed by atoms with van der Waals surface area (Å²) in [5.41, 5.74) is 0.150. The van der Waals surface area contributed by atoms with Crippen molar-refractivity contribution in [3.8, 4) is 0 Å². The molecule has 1 N–H and O–H groups in total. The Kier molecular flexibility index (Phi) is 3.89. The molecule has 2 fully saturated rings. The highest BCUT2D eigenvalue weighted by Crippen LogP contribution is 2.27. The largest absolute Gasteiger partial charge is 0.380 e. The molecule has 0 amide bonds. The fourth-order valence-corrected chi connectivity index (χ4v) is 3.67. The number of hydrogen-bond acceptors (Lipinski definition) is 3. The van der Waals surface area contributed by atoms with Gasteiger partial charge in [-0.2, -0.15) is 0 Å². The molecule has 5 nitrogen and oxygen atoms in total. The number of rotatable bonds is 3. The zero-order chi connectivity index (χ0) is 13.1. The van der Waals surface area contributed by atoms with Crippen LogP contribution in [-0.4, -0.2) is 12.1 Å². The molecule has 0 bridgehead atoms. The van der Waals surface area contributed by atoms with E-state index in [1.54, 1.807) is 6.20 Å². The summed E-state index contributed by atoms with van der Waals surface area (Å²) >= 11 is 0. The summed E-state index contributed by atoms with van der Waals surface area (Å²) in [6.45, 7) is 0. The first-order valence-electron chi connectivity index (χ1n) is 7.73. The van der Waals surface area contributed by atoms with Crippen LogP contribution in [0.3, 0.4) is 0 Å². The summed E-state index contributed by atoms with van der Waals surface area (Å²) < 4.78 is 4.97. The Morgan fingerprint density at radius 2 is 1.53 bits per heavy atom. The first-order chi connectivity index (χ1) is 9.34. The van der Waals surface area contributed by atoms with Gasteiger partial charge >= 0.3 is 0 Å². The highest BCUT2D eigenvalue weighted by Gasteiger charge is 2.29. The van der Waals surface area contributed by atoms with Gasteiger partial charge < -0.3 is 4.52 Å². The van der Waals surface area contributed by atoms with Crippen LogP contribution in [0, 0.1) is 5.41 Å². The SMILES string of the molecule is N=c1c[n+](N(C2CCCCC2)C2CCCCC2)[n-]o1. The van der Waals surface area contributed by atoms with Gasteiger partial charge in [0.15, 0.2) is 0 Å². The maximum atomic E-state index is 7.56. The summed E-state index contributed by atoms with van der Waals surface area (Å²) in [6, 6.07) is 1.15. The van der Waals surface area contributed by atoms with Crippen molar-refractivity contribution in [2.75, 3.05) is 5.01 Å². The molecular formula is C14H24N4O. The second kappa shape index (κ2) is 5.80. The van der Waals surface area contributed by atoms with Gasteiger partial charge in [0.1, 0.15) is 0 Å². The van der Waals surface area contributed by atoms with Crippen LogP contribution in [0.2, 0.25) is 0 Å². The normalized spacial score (nSPS) is 22.5. The van der Waals surface area contributed by atoms with Crippen molar-refractivity contribution in [2.24, 2.45) is 0 Å². The van der Waals surface area contributed by atoms with E-state index in [1.807, 2.05) is 4.79 Å². The molecule has 106 valence electrons. The fourth-order valence-electron chi connectivity index (χ4n) is 3.67. The lowest BCUT2D eigenvalue weighted by atomic mass is 9.90. The molecule has 1 aromatic rings. The van der Waals surface area contributed by atoms with E-state index in [0.29, 0.717) is 12.1 Å². The predicted octanol–water partition coefficient (Wildman–Crippen LogP) is 1.61. The minimum atomic E-state index is 0.150. The maximum absolute atomic E-state index is 7.56. The minimum absolute atomic E-state index is 0.150. The van der Waals surface area contributed by atoms with E-state index in [2.05, 4.69) is 10.3 Å². The van der Waals surface area contributed by atoms with E-state index >= 15 is 0 Å². The Morgan fingerprint density at radius 1 is 1.00 bits per heavy atom. The van der Waals surface area contributed by atoms with Gasteiger partial charge in [-0.1, -0.05) is 43.3 Å². The smallest absolute Gasteiger partial charge is 0.286 e. The van der Waals surface area contributed by atoms with Crippen molar-refractivity contribution >= 4 is 0 Å². The first-order valence-corrected chi connectivity index (χ1v) is 7.73. The number of nitrogens with one attached hydrogen (secondary N) is 1. The van der Waals surface area contributed by atoms with Crippen LogP contribution < -0.4 is 20.6 Å². The van der Waals surface area contributed by atoms with Gasteiger partial charge in [-0.3, -0.25) is 10.4 Å². The molecule has 1 aromatic heterocycles. The molecule has 2 aliphatic carbocycles. The van der Waals surface area contributed by atoms with Gasteiger partial charge in [-0.25, -0.2) is 0 Å². The van der Waals surface area contributed by atoms with Crippen LogP contribution in [0.4, 0.5) is 0 Å². The number of aromatic nitrogens is 2. The predicted molar refractivity (Wildman–Crippen MR) is 70.0 cm³/mol. The molecule has 0 radical (unpaired) electrons. The van der Waals surface area contributed by atoms with Crippen molar-refractivity contribution in [1.82, 2.24) is 5.27 Å². The Balaban J connectivity index is 1.83. The molecule has 0 aliphatic heterocycles. The highest BCUT2D eigenvalue weighted by atomic mass is 16.5. The van der Waals surface area contributed by atoms with Crippen LogP contribution in [0.5, 0.6) is 0 Å². The van der Waals surface area contributed by atoms with Crippen LogP contribution in [0.15, 0.2) is 10.7 Å². The molecule has 0 saturated heterocycles. The molecule has 5 heteroatoms. The standard InChI is InChI=1S/C14H24N4O/c15-14-11-17(16-19-14)18(12-7-3-1-4-8-12)13-9-5-2-6-10-13/h11-13,15H,1-10H2. The molecular weight excluding hydrogens is 240 g/mol. The average molecular weight is 264 g/mol. The van der Waals surface area contributed by atoms with Gasteiger partial charge in [0, 0.05) is 12.1 Å². The third-order valence-corrected chi connectivity index (χ3v) is 4.59. The quantitative estimate of drug-likeness (QED) is 0.844. The van der Waals surface area contributed by atoms with Crippen molar-refractivity contribution in [3.63, 3.8) is 0 Å². The topological polar surface area (TPSA) is 58.2 Å². The monoisotopic (exact) mass is 264 g/mol. The van der Waals surface area contributed by atoms with E-state index in [1.165, 1.54) is 64.2 Å². The Labute approximate surface area is 114 Å². The van der Waals surface area contributed by atoms with Crippen molar-refractivity contribution in [3.05, 3.63) is 11.8 Å². The van der Waals surface area contributed by atoms with Gasteiger partial charge in [0.25, 0.3) is 11.8 Å². The van der Waals surface area contributed by atoms with E-state index in [4.69, 9.17) is 9.93 Å². The number of nitrogens with zero attached hydrogens (tertiary/aromatic N) is 3. The Hall–Kier alpha value is -1.26. The van der Waals surface area contributed by atoms with Crippen molar-refractivity contribution < 1.29 is 9.31 Å². The second-order valence-electron chi connectivity index (χ2n) is 5.95. The molecule has 1 heterocycles. The molecule has 3 rings (SSSR count). The van der Waals surface area contributed by atoms with Crippen LogP contribution in [0.1, 0.15) is 64.2 Å². The third kappa shape index (κ3) is 2.85. The van der Waals surface area contributed by atoms with E-state index in [-0.39, 0.29) is 5.55 Å². The van der Waals surface area contributed by atoms with Gasteiger partial charge in [-0.05, 0) is 31.0 Å². The lowest BCUT2D eigenvalue weighted by Gasteiger charge is -2.42. The molecule has 0 spiro atoms. The summed E-state index contributed by atoms with van der Waals surface area (Å²) in [5, 5.41) is 14.0. The average Bonchev–Trinajstić information content (AvgIpc) is 2.88. The van der Waals surface area contributed by atoms with Crippen molar-refractivity contribution in [1.29, 1.82) is 5.41 Å². The molecule has 2 aliphatic rings. The van der Waals surface area contributed by atoms with Crippen LogP contribution in [-0.2, 0) is 0 Å². The summed E-state index contributed by atoms with van der Waals surface area (Å²) in [5.74, 6) is 0. The first kappa shape index (κ1) is 12.8. The summed E-state index contributed by atoms with van der Waals surface area (Å²) in [4.78, 5) is 1.81. The molecule has 0 atom stereocenters. The Morgan fingerprint density at radius 3 is 1.95 bits per heavy atom. The zero-order valence-corrected chi connectivity index (χ0v) is 11.6. The van der Waals surface area contributed by atoms with Crippen molar-refractivity contribution in [2.45, 2.75) is 76.3 Å². The van der Waals surface area contributed by atoms with E-state index < -0.39 is 0 Å². The number of hydrogen-bond donors (Lipinski definition) is 1.